The van der Waals surface area contributed by atoms with Crippen molar-refractivity contribution >= 4 is 6.03 Å². The number of hydrogen-bond acceptors (Lipinski definition) is 3. The van der Waals surface area contributed by atoms with Crippen molar-refractivity contribution in [3.05, 3.63) is 0 Å². The topological polar surface area (TPSA) is 78.6 Å². The molecule has 3 fully saturated rings. The van der Waals surface area contributed by atoms with Crippen LogP contribution in [0, 0.1) is 17.8 Å². The van der Waals surface area contributed by atoms with Gasteiger partial charge in [-0.1, -0.05) is 0 Å². The van der Waals surface area contributed by atoms with E-state index in [9.17, 15) is 9.90 Å². The zero-order chi connectivity index (χ0) is 9.87. The largest absolute Gasteiger partial charge is 0.391 e. The van der Waals surface area contributed by atoms with Gasteiger partial charge in [-0.05, 0) is 30.6 Å². The molecule has 1 heterocycles. The van der Waals surface area contributed by atoms with E-state index in [0.717, 1.165) is 19.4 Å². The van der Waals surface area contributed by atoms with Gasteiger partial charge in [0, 0.05) is 6.54 Å². The second-order valence-corrected chi connectivity index (χ2v) is 4.74. The lowest BCUT2D eigenvalue weighted by Gasteiger charge is -2.28. The van der Waals surface area contributed by atoms with Gasteiger partial charge in [-0.15, -0.1) is 0 Å². The summed E-state index contributed by atoms with van der Waals surface area (Å²) >= 11 is 0. The van der Waals surface area contributed by atoms with Crippen molar-refractivity contribution in [3.63, 3.8) is 0 Å². The Morgan fingerprint density at radius 1 is 1.43 bits per heavy atom. The fraction of sp³-hybridized carbons (Fsp3) is 0.889. The van der Waals surface area contributed by atoms with Crippen LogP contribution in [-0.2, 0) is 0 Å². The van der Waals surface area contributed by atoms with E-state index in [1.54, 1.807) is 4.90 Å². The van der Waals surface area contributed by atoms with Gasteiger partial charge in [0.25, 0.3) is 0 Å². The molecule has 5 nitrogen and oxygen atoms in total. The molecule has 5 atom stereocenters. The summed E-state index contributed by atoms with van der Waals surface area (Å²) < 4.78 is 0. The average molecular weight is 197 g/mol. The summed E-state index contributed by atoms with van der Waals surface area (Å²) in [6.07, 6.45) is 1.85. The van der Waals surface area contributed by atoms with Gasteiger partial charge in [-0.25, -0.2) is 10.6 Å². The van der Waals surface area contributed by atoms with Gasteiger partial charge in [0.05, 0.1) is 12.1 Å². The molecule has 2 saturated carbocycles. The van der Waals surface area contributed by atoms with Gasteiger partial charge >= 0.3 is 6.03 Å². The minimum absolute atomic E-state index is 0.0299. The number of nitrogens with one attached hydrogen (secondary N) is 1. The molecule has 1 saturated heterocycles. The number of nitrogens with two attached hydrogens (primary N) is 1. The maximum Gasteiger partial charge on any atom is 0.331 e. The lowest BCUT2D eigenvalue weighted by molar-refractivity contribution is 0.0609. The second kappa shape index (κ2) is 2.61. The normalized spacial score (nSPS) is 48.7. The van der Waals surface area contributed by atoms with E-state index in [1.165, 1.54) is 0 Å². The third-order valence-corrected chi connectivity index (χ3v) is 4.23. The van der Waals surface area contributed by atoms with Crippen molar-refractivity contribution in [2.24, 2.45) is 23.6 Å². The number of hydrogen-bond donors (Lipinski definition) is 3. The van der Waals surface area contributed by atoms with Gasteiger partial charge in [-0.2, -0.15) is 0 Å². The third-order valence-electron chi connectivity index (χ3n) is 4.23. The minimum Gasteiger partial charge on any atom is -0.391 e. The van der Waals surface area contributed by atoms with Crippen LogP contribution >= 0.6 is 0 Å². The molecule has 0 aromatic carbocycles. The number of carbonyl (C=O) groups is 1. The van der Waals surface area contributed by atoms with Crippen LogP contribution in [0.2, 0.25) is 0 Å². The molecule has 3 rings (SSSR count). The van der Waals surface area contributed by atoms with Gasteiger partial charge in [0.15, 0.2) is 0 Å². The number of hydrazine groups is 1. The number of fused-ring (bicyclic) bond motifs is 1. The number of rotatable bonds is 0. The van der Waals surface area contributed by atoms with E-state index in [1.807, 2.05) is 0 Å². The maximum absolute atomic E-state index is 11.4. The Morgan fingerprint density at radius 3 is 2.86 bits per heavy atom. The lowest BCUT2D eigenvalue weighted by atomic mass is 9.88. The van der Waals surface area contributed by atoms with E-state index in [2.05, 4.69) is 5.43 Å². The Morgan fingerprint density at radius 2 is 2.21 bits per heavy atom. The highest BCUT2D eigenvalue weighted by Gasteiger charge is 2.59. The van der Waals surface area contributed by atoms with Gasteiger partial charge in [-0.3, -0.25) is 5.43 Å². The molecule has 2 amide bonds. The highest BCUT2D eigenvalue weighted by atomic mass is 16.3. The van der Waals surface area contributed by atoms with E-state index in [4.69, 9.17) is 5.84 Å². The number of carbonyl (C=O) groups excluding carboxylic acids is 1. The molecule has 2 aliphatic carbocycles. The number of aliphatic hydroxyl groups excluding tert-OH is 1. The highest BCUT2D eigenvalue weighted by Crippen LogP contribution is 2.54. The molecule has 4 N–H and O–H groups in total. The van der Waals surface area contributed by atoms with E-state index >= 15 is 0 Å². The fourth-order valence-corrected chi connectivity index (χ4v) is 3.73. The van der Waals surface area contributed by atoms with Crippen molar-refractivity contribution < 1.29 is 9.90 Å². The first-order valence-electron chi connectivity index (χ1n) is 5.17. The van der Waals surface area contributed by atoms with Crippen LogP contribution in [0.4, 0.5) is 4.79 Å². The molecule has 0 aromatic rings. The predicted molar refractivity (Wildman–Crippen MR) is 48.9 cm³/mol. The molecular weight excluding hydrogens is 182 g/mol. The Labute approximate surface area is 82.2 Å². The van der Waals surface area contributed by atoms with E-state index in [-0.39, 0.29) is 18.2 Å². The molecular formula is C9H15N3O2. The van der Waals surface area contributed by atoms with Crippen molar-refractivity contribution in [1.82, 2.24) is 10.3 Å². The summed E-state index contributed by atoms with van der Waals surface area (Å²) in [7, 11) is 0. The van der Waals surface area contributed by atoms with Crippen LogP contribution in [0.1, 0.15) is 12.8 Å². The third kappa shape index (κ3) is 0.840. The standard InChI is InChI=1S/C9H15N3O2/c10-11-9(14)12-3-5-1-4-2-6(5)7(12)8(4)13/h4-8,13H,1-3,10H2,(H,11,14). The van der Waals surface area contributed by atoms with Crippen LogP contribution < -0.4 is 11.3 Å². The number of urea groups is 1. The Kier molecular flexibility index (Phi) is 1.58. The molecule has 78 valence electrons. The summed E-state index contributed by atoms with van der Waals surface area (Å²) in [5.41, 5.74) is 2.16. The second-order valence-electron chi connectivity index (χ2n) is 4.74. The van der Waals surface area contributed by atoms with Crippen LogP contribution in [0.5, 0.6) is 0 Å². The summed E-state index contributed by atoms with van der Waals surface area (Å²) in [4.78, 5) is 13.2. The monoisotopic (exact) mass is 197 g/mol. The van der Waals surface area contributed by atoms with Gasteiger partial charge < -0.3 is 10.0 Å². The highest BCUT2D eigenvalue weighted by molar-refractivity contribution is 5.74. The summed E-state index contributed by atoms with van der Waals surface area (Å²) in [5.74, 6) is 6.66. The Bertz CT molecular complexity index is 281. The zero-order valence-corrected chi connectivity index (χ0v) is 7.89. The molecule has 0 radical (unpaired) electrons. The number of likely N-dealkylation sites (tertiary alicyclic amines) is 1. The first-order chi connectivity index (χ1) is 6.72. The predicted octanol–water partition coefficient (Wildman–Crippen LogP) is -0.729. The average Bonchev–Trinajstić information content (AvgIpc) is 2.75. The smallest absolute Gasteiger partial charge is 0.331 e. The number of nitrogens with zero attached hydrogens (tertiary/aromatic N) is 1. The van der Waals surface area contributed by atoms with Crippen LogP contribution in [0.3, 0.4) is 0 Å². The Balaban J connectivity index is 1.88. The van der Waals surface area contributed by atoms with Crippen molar-refractivity contribution in [1.29, 1.82) is 0 Å². The lowest BCUT2D eigenvalue weighted by Crippen LogP contribution is -2.49. The number of amides is 2. The maximum atomic E-state index is 11.4. The summed E-state index contributed by atoms with van der Waals surface area (Å²) in [5, 5.41) is 9.96. The summed E-state index contributed by atoms with van der Waals surface area (Å²) in [6.45, 7) is 0.770. The first-order valence-corrected chi connectivity index (χ1v) is 5.17. The minimum atomic E-state index is -0.323. The fourth-order valence-electron chi connectivity index (χ4n) is 3.73. The van der Waals surface area contributed by atoms with Crippen molar-refractivity contribution in [3.8, 4) is 0 Å². The van der Waals surface area contributed by atoms with Crippen LogP contribution in [-0.4, -0.2) is 34.7 Å². The molecule has 2 bridgehead atoms. The van der Waals surface area contributed by atoms with Gasteiger partial charge in [0.2, 0.25) is 0 Å². The molecule has 1 aliphatic heterocycles. The first kappa shape index (κ1) is 8.49. The number of aliphatic hydroxyl groups is 1. The molecule has 0 spiro atoms. The molecule has 5 unspecified atom stereocenters. The Hall–Kier alpha value is -0.810. The van der Waals surface area contributed by atoms with Crippen LogP contribution in [0.15, 0.2) is 0 Å². The molecule has 0 aromatic heterocycles. The quantitative estimate of drug-likeness (QED) is 0.272. The summed E-state index contributed by atoms with van der Waals surface area (Å²) in [6, 6.07) is -0.216. The molecule has 5 heteroatoms. The van der Waals surface area contributed by atoms with E-state index in [0.29, 0.717) is 17.8 Å². The molecule has 3 aliphatic rings. The zero-order valence-electron chi connectivity index (χ0n) is 7.89. The van der Waals surface area contributed by atoms with Crippen molar-refractivity contribution in [2.75, 3.05) is 6.54 Å². The van der Waals surface area contributed by atoms with Gasteiger partial charge in [0.1, 0.15) is 0 Å². The SMILES string of the molecule is NNC(=O)N1CC2CC3CC2C1C3O. The van der Waals surface area contributed by atoms with Crippen molar-refractivity contribution in [2.45, 2.75) is 25.0 Å². The molecule has 14 heavy (non-hydrogen) atoms. The van der Waals surface area contributed by atoms with Crippen LogP contribution in [0.25, 0.3) is 0 Å². The van der Waals surface area contributed by atoms with E-state index < -0.39 is 0 Å².